The van der Waals surface area contributed by atoms with E-state index in [1.807, 2.05) is 17.6 Å². The number of hydrogen-bond donors (Lipinski definition) is 3. The highest BCUT2D eigenvalue weighted by atomic mass is 32.2. The first kappa shape index (κ1) is 41.4. The van der Waals surface area contributed by atoms with Gasteiger partial charge in [0.15, 0.2) is 24.8 Å². The van der Waals surface area contributed by atoms with Crippen molar-refractivity contribution >= 4 is 34.4 Å². The maximum atomic E-state index is 12.2. The monoisotopic (exact) mass is 770 g/mol. The Bertz CT molecular complexity index is 1740. The zero-order valence-corrected chi connectivity index (χ0v) is 30.0. The summed E-state index contributed by atoms with van der Waals surface area (Å²) < 4.78 is 107. The van der Waals surface area contributed by atoms with Crippen LogP contribution >= 0.6 is 0 Å². The lowest BCUT2D eigenvalue weighted by molar-refractivity contribution is -0.456. The van der Waals surface area contributed by atoms with Crippen LogP contribution in [0.15, 0.2) is 88.2 Å². The summed E-state index contributed by atoms with van der Waals surface area (Å²) in [5.74, 6) is -3.28. The summed E-state index contributed by atoms with van der Waals surface area (Å²) in [6.45, 7) is 3.48. The number of nitrogens with one attached hydrogen (secondary N) is 2. The predicted molar refractivity (Wildman–Crippen MR) is 187 cm³/mol. The fraction of sp³-hybridized carbons (Fsp3) is 0.459. The molecule has 16 heteroatoms. The van der Waals surface area contributed by atoms with Crippen LogP contribution in [0.3, 0.4) is 0 Å². The van der Waals surface area contributed by atoms with Gasteiger partial charge < -0.3 is 10.6 Å². The first-order valence-electron chi connectivity index (χ1n) is 17.4. The largest absolute Gasteiger partial charge is 0.471 e. The molecule has 0 saturated heterocycles. The maximum absolute atomic E-state index is 12.2. The van der Waals surface area contributed by atoms with Gasteiger partial charge >= 0.3 is 24.2 Å². The van der Waals surface area contributed by atoms with Crippen LogP contribution in [0.2, 0.25) is 0 Å². The van der Waals surface area contributed by atoms with Crippen molar-refractivity contribution in [3.05, 3.63) is 88.8 Å². The number of allylic oxidation sites excluding steroid dienone is 8. The Morgan fingerprint density at radius 3 is 1.43 bits per heavy atom. The second-order valence-electron chi connectivity index (χ2n) is 13.2. The van der Waals surface area contributed by atoms with E-state index >= 15 is 0 Å². The number of unbranched alkanes of at least 4 members (excludes halogenated alkanes) is 6. The summed E-state index contributed by atoms with van der Waals surface area (Å²) in [7, 11) is -4.02. The zero-order valence-electron chi connectivity index (χ0n) is 29.2. The molecule has 3 N–H and O–H groups in total. The van der Waals surface area contributed by atoms with E-state index in [9.17, 15) is 44.3 Å². The summed E-state index contributed by atoms with van der Waals surface area (Å²) in [5.41, 5.74) is 5.92. The highest BCUT2D eigenvalue weighted by Crippen LogP contribution is 2.46. The summed E-state index contributed by atoms with van der Waals surface area (Å²) >= 11 is 0. The average molecular weight is 771 g/mol. The van der Waals surface area contributed by atoms with Crippen LogP contribution in [0.1, 0.15) is 56.9 Å². The van der Waals surface area contributed by atoms with Gasteiger partial charge in [0.05, 0.1) is 4.90 Å². The number of rotatable bonds is 15. The molecular weight excluding hydrogens is 726 g/mol. The SMILES string of the molecule is Cc1ccc(S(=O)(=O)O)cc1.O=C(NCCCCCC[N+]1=CC2=CC=C3C=[N+](CCCCCCNC(=O)C(F)(F)F)C=C4C=CC(=C1)C2C34)C(F)(F)F. The molecule has 2 aliphatic heterocycles. The van der Waals surface area contributed by atoms with Crippen LogP contribution in [0.4, 0.5) is 26.3 Å². The number of halogens is 6. The van der Waals surface area contributed by atoms with Crippen molar-refractivity contribution < 1.29 is 58.1 Å². The molecule has 1 aromatic carbocycles. The fourth-order valence-corrected chi connectivity index (χ4v) is 6.89. The van der Waals surface area contributed by atoms with E-state index in [-0.39, 0.29) is 29.8 Å². The summed E-state index contributed by atoms with van der Waals surface area (Å²) in [6, 6.07) is 5.99. The second-order valence-corrected chi connectivity index (χ2v) is 14.7. The number of carbonyl (C=O) groups is 2. The van der Waals surface area contributed by atoms with E-state index in [0.29, 0.717) is 12.8 Å². The molecule has 0 aromatic heterocycles. The van der Waals surface area contributed by atoms with Crippen molar-refractivity contribution in [2.75, 3.05) is 26.2 Å². The topological polar surface area (TPSA) is 119 Å². The molecule has 2 unspecified atom stereocenters. The van der Waals surface area contributed by atoms with Crippen LogP contribution in [0.5, 0.6) is 0 Å². The minimum Gasteiger partial charge on any atom is -0.348 e. The van der Waals surface area contributed by atoms with Crippen LogP contribution < -0.4 is 10.6 Å². The van der Waals surface area contributed by atoms with Gasteiger partial charge in [0.2, 0.25) is 0 Å². The van der Waals surface area contributed by atoms with Crippen molar-refractivity contribution in [3.63, 3.8) is 0 Å². The van der Waals surface area contributed by atoms with Crippen molar-refractivity contribution in [1.82, 2.24) is 10.6 Å². The standard InChI is InChI=1S/C30H34F6N4O2.C7H8O3S/c31-29(32,33)27(41)37-13-5-1-3-7-15-39-17-21-9-11-23-19-40(20-24-12-10-22(18-39)25(21)26(23)24)16-8-4-2-6-14-38-28(42)30(34,35)36;1-6-2-4-7(5-3-6)11(8,9)10/h9-12,17-20,25-26H,1-8,13-16H2;2-5H,1H3,(H,8,9,10)/p+2. The molecule has 0 bridgehead atoms. The number of nitrogens with zero attached hydrogens (tertiary/aromatic N) is 2. The Balaban J connectivity index is 0.000000488. The molecule has 0 saturated carbocycles. The van der Waals surface area contributed by atoms with Gasteiger partial charge in [-0.05, 0) is 44.7 Å². The number of alkyl halides is 6. The number of aryl methyl sites for hydroxylation is 1. The minimum atomic E-state index is -4.84. The molecule has 9 nitrogen and oxygen atoms in total. The van der Waals surface area contributed by atoms with Gasteiger partial charge in [0, 0.05) is 60.1 Å². The summed E-state index contributed by atoms with van der Waals surface area (Å²) in [6.07, 6.45) is 13.6. The third-order valence-corrected chi connectivity index (χ3v) is 9.92. The lowest BCUT2D eigenvalue weighted by Gasteiger charge is -2.36. The maximum Gasteiger partial charge on any atom is 0.471 e. The molecule has 2 atom stereocenters. The van der Waals surface area contributed by atoms with E-state index in [1.165, 1.54) is 34.4 Å². The number of benzene rings is 1. The zero-order chi connectivity index (χ0) is 38.8. The van der Waals surface area contributed by atoms with Crippen molar-refractivity contribution in [2.24, 2.45) is 11.8 Å². The molecule has 0 spiro atoms. The molecule has 2 heterocycles. The van der Waals surface area contributed by atoms with Crippen molar-refractivity contribution in [1.29, 1.82) is 0 Å². The van der Waals surface area contributed by atoms with E-state index in [2.05, 4.69) is 58.3 Å². The number of amides is 2. The Kier molecular flexibility index (Phi) is 14.2. The van der Waals surface area contributed by atoms with Gasteiger partial charge in [-0.15, -0.1) is 0 Å². The molecule has 2 amide bonds. The quantitative estimate of drug-likeness (QED) is 0.0834. The molecule has 4 aliphatic rings. The number of carbonyl (C=O) groups excluding carboxylic acids is 2. The third-order valence-electron chi connectivity index (χ3n) is 9.06. The smallest absolute Gasteiger partial charge is 0.348 e. The first-order valence-corrected chi connectivity index (χ1v) is 18.9. The number of hydrogen-bond acceptors (Lipinski definition) is 4. The van der Waals surface area contributed by atoms with Crippen LogP contribution in [0.25, 0.3) is 0 Å². The molecule has 1 aromatic rings. The second kappa shape index (κ2) is 18.1. The van der Waals surface area contributed by atoms with Crippen LogP contribution in [0, 0.1) is 18.8 Å². The van der Waals surface area contributed by atoms with Crippen molar-refractivity contribution in [2.45, 2.75) is 75.5 Å². The Labute approximate surface area is 305 Å². The first-order chi connectivity index (χ1) is 24.9. The van der Waals surface area contributed by atoms with Gasteiger partial charge in [0.1, 0.15) is 13.1 Å². The molecule has 2 aliphatic carbocycles. The van der Waals surface area contributed by atoms with Gasteiger partial charge in [0.25, 0.3) is 10.1 Å². The molecule has 288 valence electrons. The highest BCUT2D eigenvalue weighted by Gasteiger charge is 2.43. The Morgan fingerprint density at radius 1 is 0.660 bits per heavy atom. The Morgan fingerprint density at radius 2 is 1.06 bits per heavy atom. The third kappa shape index (κ3) is 12.4. The van der Waals surface area contributed by atoms with Gasteiger partial charge in [-0.2, -0.15) is 34.8 Å². The molecule has 0 radical (unpaired) electrons. The summed E-state index contributed by atoms with van der Waals surface area (Å²) in [5, 5.41) is 3.80. The Hall–Kier alpha value is -4.31. The average Bonchev–Trinajstić information content (AvgIpc) is 3.08. The van der Waals surface area contributed by atoms with Gasteiger partial charge in [-0.25, -0.2) is 9.15 Å². The highest BCUT2D eigenvalue weighted by molar-refractivity contribution is 7.85. The lowest BCUT2D eigenvalue weighted by Crippen LogP contribution is -2.37. The van der Waals surface area contributed by atoms with Crippen molar-refractivity contribution in [3.8, 4) is 0 Å². The van der Waals surface area contributed by atoms with Gasteiger partial charge in [-0.1, -0.05) is 54.8 Å². The normalized spacial score (nSPS) is 18.9. The van der Waals surface area contributed by atoms with E-state index < -0.39 is 34.3 Å². The van der Waals surface area contributed by atoms with Crippen LogP contribution in [-0.2, 0) is 19.7 Å². The van der Waals surface area contributed by atoms with E-state index in [1.54, 1.807) is 12.1 Å². The van der Waals surface area contributed by atoms with E-state index in [4.69, 9.17) is 4.55 Å². The van der Waals surface area contributed by atoms with E-state index in [0.717, 1.165) is 57.2 Å². The minimum absolute atomic E-state index is 0.0210. The molecule has 5 rings (SSSR count). The fourth-order valence-electron chi connectivity index (χ4n) is 6.41. The summed E-state index contributed by atoms with van der Waals surface area (Å²) in [4.78, 5) is 21.6. The molecular formula is C37H44F6N4O5S+2. The molecule has 0 fully saturated rings. The molecule has 53 heavy (non-hydrogen) atoms. The van der Waals surface area contributed by atoms with Gasteiger partial charge in [-0.3, -0.25) is 14.1 Å². The predicted octanol–water partition coefficient (Wildman–Crippen LogP) is 6.34. The van der Waals surface area contributed by atoms with Crippen LogP contribution in [-0.4, -0.2) is 84.9 Å². The lowest BCUT2D eigenvalue weighted by atomic mass is 9.66.